The highest BCUT2D eigenvalue weighted by Gasteiger charge is 2.35. The monoisotopic (exact) mass is 252 g/mol. The van der Waals surface area contributed by atoms with Crippen molar-refractivity contribution in [2.75, 3.05) is 13.1 Å². The van der Waals surface area contributed by atoms with E-state index < -0.39 is 0 Å². The molecule has 0 amide bonds. The number of hydrogen-bond acceptors (Lipinski definition) is 2. The molecule has 1 unspecified atom stereocenters. The smallest absolute Gasteiger partial charge is 0.0198 e. The molecule has 1 saturated heterocycles. The Morgan fingerprint density at radius 3 is 2.22 bits per heavy atom. The third-order valence-corrected chi connectivity index (χ3v) is 4.29. The van der Waals surface area contributed by atoms with Gasteiger partial charge in [-0.05, 0) is 57.9 Å². The summed E-state index contributed by atoms with van der Waals surface area (Å²) in [5.74, 6) is 0. The number of rotatable bonds is 4. The summed E-state index contributed by atoms with van der Waals surface area (Å²) in [6.07, 6.45) is 6.82. The molecular formula is C16H32N2. The Morgan fingerprint density at radius 1 is 1.00 bits per heavy atom. The first kappa shape index (κ1) is 14.3. The summed E-state index contributed by atoms with van der Waals surface area (Å²) < 4.78 is 0. The maximum Gasteiger partial charge on any atom is 0.0198 e. The zero-order chi connectivity index (χ0) is 13.4. The zero-order valence-electron chi connectivity index (χ0n) is 13.1. The van der Waals surface area contributed by atoms with Gasteiger partial charge in [0.15, 0.2) is 0 Å². The van der Waals surface area contributed by atoms with Crippen molar-refractivity contribution in [2.24, 2.45) is 5.41 Å². The molecule has 1 N–H and O–H groups in total. The largest absolute Gasteiger partial charge is 0.310 e. The molecule has 1 atom stereocenters. The molecule has 106 valence electrons. The highest BCUT2D eigenvalue weighted by Crippen LogP contribution is 2.33. The van der Waals surface area contributed by atoms with Gasteiger partial charge in [0.25, 0.3) is 0 Å². The van der Waals surface area contributed by atoms with Crippen LogP contribution < -0.4 is 5.32 Å². The van der Waals surface area contributed by atoms with Crippen molar-refractivity contribution in [1.82, 2.24) is 10.2 Å². The average molecular weight is 252 g/mol. The topological polar surface area (TPSA) is 15.3 Å². The number of nitrogens with zero attached hydrogens (tertiary/aromatic N) is 1. The minimum atomic E-state index is 0.335. The normalized spacial score (nSPS) is 27.5. The Kier molecular flexibility index (Phi) is 4.08. The molecule has 0 spiro atoms. The van der Waals surface area contributed by atoms with E-state index in [0.717, 1.165) is 12.1 Å². The standard InChI is InChI=1S/C16H32N2/c1-15(2,3)12-16(4,5)18-10-6-7-14(11-18)17-13-8-9-13/h13-14,17H,6-12H2,1-5H3. The Hall–Kier alpha value is -0.0800. The van der Waals surface area contributed by atoms with Crippen LogP contribution in [0.1, 0.15) is 66.7 Å². The van der Waals surface area contributed by atoms with Gasteiger partial charge in [-0.2, -0.15) is 0 Å². The quantitative estimate of drug-likeness (QED) is 0.825. The van der Waals surface area contributed by atoms with E-state index in [1.54, 1.807) is 0 Å². The Balaban J connectivity index is 1.89. The zero-order valence-corrected chi connectivity index (χ0v) is 13.1. The molecule has 2 heteroatoms. The predicted octanol–water partition coefficient (Wildman–Crippen LogP) is 3.42. The van der Waals surface area contributed by atoms with Gasteiger partial charge in [0, 0.05) is 24.2 Å². The molecule has 0 bridgehead atoms. The fourth-order valence-corrected chi connectivity index (χ4v) is 3.66. The molecule has 2 nitrogen and oxygen atoms in total. The molecule has 2 rings (SSSR count). The van der Waals surface area contributed by atoms with Crippen LogP contribution in [-0.2, 0) is 0 Å². The summed E-state index contributed by atoms with van der Waals surface area (Å²) in [5, 5.41) is 3.82. The Morgan fingerprint density at radius 2 is 1.67 bits per heavy atom. The molecule has 2 fully saturated rings. The van der Waals surface area contributed by atoms with Gasteiger partial charge in [-0.25, -0.2) is 0 Å². The van der Waals surface area contributed by atoms with Crippen molar-refractivity contribution in [1.29, 1.82) is 0 Å². The molecule has 1 aliphatic heterocycles. The van der Waals surface area contributed by atoms with Crippen LogP contribution in [0.2, 0.25) is 0 Å². The van der Waals surface area contributed by atoms with Gasteiger partial charge < -0.3 is 5.32 Å². The van der Waals surface area contributed by atoms with Gasteiger partial charge in [-0.3, -0.25) is 4.90 Å². The van der Waals surface area contributed by atoms with E-state index >= 15 is 0 Å². The highest BCUT2D eigenvalue weighted by molar-refractivity contribution is 4.93. The van der Waals surface area contributed by atoms with Gasteiger partial charge in [-0.15, -0.1) is 0 Å². The van der Waals surface area contributed by atoms with Crippen molar-refractivity contribution in [3.8, 4) is 0 Å². The van der Waals surface area contributed by atoms with E-state index in [9.17, 15) is 0 Å². The second-order valence-corrected chi connectivity index (χ2v) is 8.28. The van der Waals surface area contributed by atoms with Crippen LogP contribution in [0, 0.1) is 5.41 Å². The molecule has 2 aliphatic rings. The van der Waals surface area contributed by atoms with Gasteiger partial charge in [0.05, 0.1) is 0 Å². The van der Waals surface area contributed by atoms with Crippen molar-refractivity contribution in [2.45, 2.75) is 84.3 Å². The minimum Gasteiger partial charge on any atom is -0.310 e. The van der Waals surface area contributed by atoms with Crippen molar-refractivity contribution >= 4 is 0 Å². The summed E-state index contributed by atoms with van der Waals surface area (Å²) in [6, 6.07) is 1.59. The van der Waals surface area contributed by atoms with E-state index in [4.69, 9.17) is 0 Å². The molecule has 1 heterocycles. The third kappa shape index (κ3) is 4.24. The molecule has 0 aromatic heterocycles. The average Bonchev–Trinajstić information content (AvgIpc) is 2.98. The summed E-state index contributed by atoms with van der Waals surface area (Å²) in [4.78, 5) is 2.72. The lowest BCUT2D eigenvalue weighted by molar-refractivity contribution is 0.0461. The fourth-order valence-electron chi connectivity index (χ4n) is 3.66. The van der Waals surface area contributed by atoms with Crippen LogP contribution in [-0.4, -0.2) is 35.6 Å². The second-order valence-electron chi connectivity index (χ2n) is 8.28. The summed E-state index contributed by atoms with van der Waals surface area (Å²) >= 11 is 0. The lowest BCUT2D eigenvalue weighted by Crippen LogP contribution is -2.55. The highest BCUT2D eigenvalue weighted by atomic mass is 15.2. The maximum absolute atomic E-state index is 3.82. The Labute approximate surface area is 114 Å². The number of likely N-dealkylation sites (tertiary alicyclic amines) is 1. The lowest BCUT2D eigenvalue weighted by atomic mass is 9.80. The van der Waals surface area contributed by atoms with Gasteiger partial charge in [-0.1, -0.05) is 20.8 Å². The van der Waals surface area contributed by atoms with Crippen LogP contribution in [0.3, 0.4) is 0 Å². The molecule has 0 aromatic carbocycles. The summed E-state index contributed by atoms with van der Waals surface area (Å²) in [7, 11) is 0. The first-order valence-electron chi connectivity index (χ1n) is 7.77. The fraction of sp³-hybridized carbons (Fsp3) is 1.00. The van der Waals surface area contributed by atoms with Crippen LogP contribution in [0.5, 0.6) is 0 Å². The first-order valence-corrected chi connectivity index (χ1v) is 7.77. The van der Waals surface area contributed by atoms with Gasteiger partial charge in [0.1, 0.15) is 0 Å². The van der Waals surface area contributed by atoms with Crippen LogP contribution in [0.15, 0.2) is 0 Å². The Bertz CT molecular complexity index is 273. The molecule has 0 radical (unpaired) electrons. The number of hydrogen-bond donors (Lipinski definition) is 1. The van der Waals surface area contributed by atoms with Crippen molar-refractivity contribution < 1.29 is 0 Å². The minimum absolute atomic E-state index is 0.335. The second kappa shape index (κ2) is 5.13. The molecule has 18 heavy (non-hydrogen) atoms. The molecule has 1 aliphatic carbocycles. The van der Waals surface area contributed by atoms with Crippen LogP contribution >= 0.6 is 0 Å². The van der Waals surface area contributed by atoms with E-state index in [-0.39, 0.29) is 0 Å². The maximum atomic E-state index is 3.82. The molecular weight excluding hydrogens is 220 g/mol. The van der Waals surface area contributed by atoms with Crippen LogP contribution in [0.25, 0.3) is 0 Å². The first-order chi connectivity index (χ1) is 8.26. The summed E-state index contributed by atoms with van der Waals surface area (Å²) in [5.41, 5.74) is 0.752. The lowest BCUT2D eigenvalue weighted by Gasteiger charge is -2.46. The van der Waals surface area contributed by atoms with Crippen molar-refractivity contribution in [3.05, 3.63) is 0 Å². The van der Waals surface area contributed by atoms with E-state index in [1.165, 1.54) is 45.2 Å². The van der Waals surface area contributed by atoms with E-state index in [1.807, 2.05) is 0 Å². The summed E-state index contributed by atoms with van der Waals surface area (Å²) in [6.45, 7) is 14.5. The third-order valence-electron chi connectivity index (χ3n) is 4.29. The molecule has 0 aromatic rings. The number of piperidine rings is 1. The van der Waals surface area contributed by atoms with E-state index in [0.29, 0.717) is 11.0 Å². The predicted molar refractivity (Wildman–Crippen MR) is 78.9 cm³/mol. The van der Waals surface area contributed by atoms with Gasteiger partial charge in [0.2, 0.25) is 0 Å². The van der Waals surface area contributed by atoms with Gasteiger partial charge >= 0.3 is 0 Å². The van der Waals surface area contributed by atoms with Crippen molar-refractivity contribution in [3.63, 3.8) is 0 Å². The van der Waals surface area contributed by atoms with E-state index in [2.05, 4.69) is 44.8 Å². The SMILES string of the molecule is CC(C)(C)CC(C)(C)N1CCCC(NC2CC2)C1. The van der Waals surface area contributed by atoms with Crippen LogP contribution in [0.4, 0.5) is 0 Å². The number of nitrogens with one attached hydrogen (secondary N) is 1. The molecule has 1 saturated carbocycles.